The van der Waals surface area contributed by atoms with Gasteiger partial charge >= 0.3 is 0 Å². The van der Waals surface area contributed by atoms with Crippen LogP contribution in [0.2, 0.25) is 0 Å². The quantitative estimate of drug-likeness (QED) is 0.565. The van der Waals surface area contributed by atoms with Gasteiger partial charge in [0.1, 0.15) is 0 Å². The molecule has 0 spiro atoms. The Kier molecular flexibility index (Phi) is 6.93. The molecule has 1 aromatic rings. The fourth-order valence-corrected chi connectivity index (χ4v) is 6.25. The fourth-order valence-electron chi connectivity index (χ4n) is 6.25. The molecule has 0 heterocycles. The third kappa shape index (κ3) is 5.87. The summed E-state index contributed by atoms with van der Waals surface area (Å²) in [5.41, 5.74) is 9.57. The summed E-state index contributed by atoms with van der Waals surface area (Å²) in [6, 6.07) is 9.12. The van der Waals surface area contributed by atoms with Gasteiger partial charge in [-0.15, -0.1) is 0 Å². The lowest BCUT2D eigenvalue weighted by Crippen LogP contribution is -2.32. The summed E-state index contributed by atoms with van der Waals surface area (Å²) in [6.45, 7) is 10.5. The minimum absolute atomic E-state index is 0.432. The van der Waals surface area contributed by atoms with Crippen molar-refractivity contribution in [3.63, 3.8) is 0 Å². The molecular weight excluding hydrogens is 338 g/mol. The van der Waals surface area contributed by atoms with E-state index in [1.807, 2.05) is 0 Å². The fraction of sp³-hybridized carbons (Fsp3) is 0.704. The molecule has 1 heteroatoms. The molecule has 0 aromatic heterocycles. The van der Waals surface area contributed by atoms with E-state index >= 15 is 0 Å². The van der Waals surface area contributed by atoms with Crippen molar-refractivity contribution in [2.24, 2.45) is 28.4 Å². The molecule has 2 aliphatic carbocycles. The van der Waals surface area contributed by atoms with Gasteiger partial charge in [0.2, 0.25) is 0 Å². The van der Waals surface area contributed by atoms with E-state index in [1.54, 1.807) is 0 Å². The zero-order chi connectivity index (χ0) is 20.2. The summed E-state index contributed by atoms with van der Waals surface area (Å²) in [6.07, 6.45) is 11.7. The average molecular weight is 380 g/mol. The van der Waals surface area contributed by atoms with Gasteiger partial charge in [0.25, 0.3) is 0 Å². The maximum atomic E-state index is 6.06. The van der Waals surface area contributed by atoms with E-state index in [2.05, 4.69) is 63.8 Å². The number of nitrogens with two attached hydrogens (primary N) is 1. The van der Waals surface area contributed by atoms with Crippen LogP contribution in [0.25, 0.3) is 0 Å². The van der Waals surface area contributed by atoms with Gasteiger partial charge in [-0.2, -0.15) is 0 Å². The monoisotopic (exact) mass is 379 g/mol. The van der Waals surface area contributed by atoms with Crippen molar-refractivity contribution < 1.29 is 0 Å². The third-order valence-electron chi connectivity index (χ3n) is 7.15. The SMILES string of the molecule is CC1(C)CC(c2ccc(C#CCC(CN)C3CCCCC3)cc2)CC(C)(C)C1. The van der Waals surface area contributed by atoms with Crippen LogP contribution in [-0.2, 0) is 0 Å². The molecule has 1 nitrogen and oxygen atoms in total. The van der Waals surface area contributed by atoms with Gasteiger partial charge in [-0.3, -0.25) is 0 Å². The smallest absolute Gasteiger partial charge is 0.0245 e. The van der Waals surface area contributed by atoms with Crippen molar-refractivity contribution in [3.8, 4) is 11.8 Å². The Hall–Kier alpha value is -1.26. The van der Waals surface area contributed by atoms with Gasteiger partial charge < -0.3 is 5.73 Å². The van der Waals surface area contributed by atoms with Crippen molar-refractivity contribution in [1.82, 2.24) is 0 Å². The molecule has 0 saturated heterocycles. The Morgan fingerprint density at radius 3 is 2.14 bits per heavy atom. The predicted molar refractivity (Wildman–Crippen MR) is 121 cm³/mol. The van der Waals surface area contributed by atoms with Crippen LogP contribution in [0, 0.1) is 34.5 Å². The molecule has 1 unspecified atom stereocenters. The molecule has 154 valence electrons. The van der Waals surface area contributed by atoms with Crippen LogP contribution < -0.4 is 5.73 Å². The van der Waals surface area contributed by atoms with Gasteiger partial charge in [-0.1, -0.05) is 83.8 Å². The second-order valence-electron chi connectivity index (χ2n) is 11.1. The van der Waals surface area contributed by atoms with Crippen LogP contribution in [0.1, 0.15) is 103 Å². The van der Waals surface area contributed by atoms with E-state index in [-0.39, 0.29) is 0 Å². The highest BCUT2D eigenvalue weighted by Gasteiger charge is 2.38. The van der Waals surface area contributed by atoms with Gasteiger partial charge in [0.15, 0.2) is 0 Å². The molecule has 0 bridgehead atoms. The summed E-state index contributed by atoms with van der Waals surface area (Å²) in [4.78, 5) is 0. The molecule has 2 fully saturated rings. The second-order valence-corrected chi connectivity index (χ2v) is 11.1. The van der Waals surface area contributed by atoms with Crippen LogP contribution in [0.4, 0.5) is 0 Å². The first-order chi connectivity index (χ1) is 13.3. The van der Waals surface area contributed by atoms with Gasteiger partial charge in [-0.25, -0.2) is 0 Å². The molecule has 3 rings (SSSR count). The number of hydrogen-bond donors (Lipinski definition) is 1. The zero-order valence-corrected chi connectivity index (χ0v) is 18.7. The Labute approximate surface area is 173 Å². The molecule has 2 aliphatic rings. The Morgan fingerprint density at radius 2 is 1.57 bits per heavy atom. The van der Waals surface area contributed by atoms with E-state index in [0.717, 1.165) is 24.4 Å². The van der Waals surface area contributed by atoms with Gasteiger partial charge in [0, 0.05) is 12.0 Å². The molecule has 2 saturated carbocycles. The van der Waals surface area contributed by atoms with Crippen molar-refractivity contribution in [2.75, 3.05) is 6.54 Å². The maximum Gasteiger partial charge on any atom is 0.0245 e. The Balaban J connectivity index is 1.61. The lowest BCUT2D eigenvalue weighted by atomic mass is 9.60. The standard InChI is InChI=1S/C27H41N/c1-26(2)17-25(18-27(3,4)20-26)23-15-13-21(14-16-23)9-8-12-24(19-28)22-10-6-5-7-11-22/h13-16,22,24-25H,5-7,10-12,17-20,28H2,1-4H3. The van der Waals surface area contributed by atoms with Crippen LogP contribution in [0.5, 0.6) is 0 Å². The molecule has 0 amide bonds. The van der Waals surface area contributed by atoms with Crippen molar-refractivity contribution in [2.45, 2.75) is 91.4 Å². The molecule has 2 N–H and O–H groups in total. The molecule has 1 atom stereocenters. The number of rotatable bonds is 4. The minimum Gasteiger partial charge on any atom is -0.330 e. The molecule has 0 aliphatic heterocycles. The lowest BCUT2D eigenvalue weighted by Gasteiger charge is -2.45. The average Bonchev–Trinajstić information content (AvgIpc) is 2.64. The first-order valence-corrected chi connectivity index (χ1v) is 11.6. The summed E-state index contributed by atoms with van der Waals surface area (Å²) in [7, 11) is 0. The summed E-state index contributed by atoms with van der Waals surface area (Å²) >= 11 is 0. The zero-order valence-electron chi connectivity index (χ0n) is 18.7. The van der Waals surface area contributed by atoms with Gasteiger partial charge in [0.05, 0.1) is 0 Å². The lowest BCUT2D eigenvalue weighted by molar-refractivity contribution is 0.0969. The van der Waals surface area contributed by atoms with Crippen molar-refractivity contribution in [3.05, 3.63) is 35.4 Å². The molecular formula is C27H41N. The third-order valence-corrected chi connectivity index (χ3v) is 7.15. The molecule has 28 heavy (non-hydrogen) atoms. The predicted octanol–water partition coefficient (Wildman–Crippen LogP) is 6.90. The molecule has 0 radical (unpaired) electrons. The van der Waals surface area contributed by atoms with E-state index in [0.29, 0.717) is 22.7 Å². The highest BCUT2D eigenvalue weighted by Crippen LogP contribution is 2.51. The van der Waals surface area contributed by atoms with E-state index in [1.165, 1.54) is 56.9 Å². The summed E-state index contributed by atoms with van der Waals surface area (Å²) < 4.78 is 0. The first kappa shape index (κ1) is 21.4. The molecule has 1 aromatic carbocycles. The normalized spacial score (nSPS) is 23.6. The highest BCUT2D eigenvalue weighted by molar-refractivity contribution is 5.37. The largest absolute Gasteiger partial charge is 0.330 e. The van der Waals surface area contributed by atoms with E-state index in [9.17, 15) is 0 Å². The van der Waals surface area contributed by atoms with Crippen LogP contribution in [0.3, 0.4) is 0 Å². The van der Waals surface area contributed by atoms with Crippen molar-refractivity contribution in [1.29, 1.82) is 0 Å². The van der Waals surface area contributed by atoms with Crippen molar-refractivity contribution >= 4 is 0 Å². The second kappa shape index (κ2) is 9.04. The first-order valence-electron chi connectivity index (χ1n) is 11.6. The summed E-state index contributed by atoms with van der Waals surface area (Å²) in [5.74, 6) is 8.91. The Morgan fingerprint density at radius 1 is 0.964 bits per heavy atom. The highest BCUT2D eigenvalue weighted by atomic mass is 14.6. The summed E-state index contributed by atoms with van der Waals surface area (Å²) in [5, 5.41) is 0. The van der Waals surface area contributed by atoms with E-state index in [4.69, 9.17) is 5.73 Å². The van der Waals surface area contributed by atoms with Gasteiger partial charge in [-0.05, 0) is 72.1 Å². The Bertz CT molecular complexity index is 663. The number of benzene rings is 1. The van der Waals surface area contributed by atoms with Crippen LogP contribution >= 0.6 is 0 Å². The van der Waals surface area contributed by atoms with Crippen LogP contribution in [-0.4, -0.2) is 6.54 Å². The van der Waals surface area contributed by atoms with E-state index < -0.39 is 0 Å². The maximum absolute atomic E-state index is 6.06. The number of hydrogen-bond acceptors (Lipinski definition) is 1. The minimum atomic E-state index is 0.432. The van der Waals surface area contributed by atoms with Crippen LogP contribution in [0.15, 0.2) is 24.3 Å². The topological polar surface area (TPSA) is 26.0 Å².